The first-order valence-corrected chi connectivity index (χ1v) is 32.3. The number of hydrogen-bond donors (Lipinski definition) is 0. The number of carbonyl (C=O) groups is 6. The molecule has 2 aromatic heterocycles. The number of likely N-dealkylation sites (tertiary alicyclic amines) is 2. The lowest BCUT2D eigenvalue weighted by molar-refractivity contribution is -0.153. The third kappa shape index (κ3) is 17.2. The smallest absolute Gasteiger partial charge is 0.416 e. The molecule has 564 valence electrons. The molecule has 0 saturated carbocycles. The summed E-state index contributed by atoms with van der Waals surface area (Å²) in [6, 6.07) is 11.1. The molecule has 8 rings (SSSR count). The van der Waals surface area contributed by atoms with Crippen molar-refractivity contribution in [3.8, 4) is 22.3 Å². The molecule has 2 aliphatic rings. The zero-order chi connectivity index (χ0) is 78.7. The summed E-state index contributed by atoms with van der Waals surface area (Å²) < 4.78 is 215. The Kier molecular flexibility index (Phi) is 22.8. The van der Waals surface area contributed by atoms with Crippen LogP contribution in [-0.2, 0) is 73.7 Å². The highest BCUT2D eigenvalue weighted by atomic mass is 19.4. The number of carbonyl (C=O) groups excluding carboxylic acids is 6. The van der Waals surface area contributed by atoms with E-state index in [0.29, 0.717) is 46.5 Å². The Bertz CT molecular complexity index is 3980. The molecule has 0 N–H and O–H groups in total. The maximum atomic E-state index is 14.3. The minimum atomic E-state index is -5.13. The van der Waals surface area contributed by atoms with E-state index in [4.69, 9.17) is 18.9 Å². The number of aromatic nitrogens is 2. The number of esters is 2. The number of rotatable bonds is 12. The van der Waals surface area contributed by atoms with Crippen LogP contribution in [0, 0.1) is 25.5 Å². The van der Waals surface area contributed by atoms with Crippen LogP contribution in [0.25, 0.3) is 22.3 Å². The molecule has 0 unspecified atom stereocenters. The number of nitrogens with zero attached hydrogens (tertiary/aromatic N) is 6. The highest BCUT2D eigenvalue weighted by Crippen LogP contribution is 2.50. The number of likely N-dealkylation sites (N-methyl/N-ethyl adjacent to an activating group) is 2. The van der Waals surface area contributed by atoms with Crippen molar-refractivity contribution in [2.75, 3.05) is 38.1 Å². The summed E-state index contributed by atoms with van der Waals surface area (Å²) >= 11 is 0. The predicted molar refractivity (Wildman–Crippen MR) is 355 cm³/mol. The lowest BCUT2D eigenvalue weighted by Crippen LogP contribution is -2.53. The van der Waals surface area contributed by atoms with Gasteiger partial charge in [-0.05, 0) is 229 Å². The molecule has 4 atom stereocenters. The quantitative estimate of drug-likeness (QED) is 0.0644. The average Bonchev–Trinajstić information content (AvgIpc) is 1.57. The number of hydrogen-bond acceptors (Lipinski definition) is 12. The molecule has 2 saturated heterocycles. The highest BCUT2D eigenvalue weighted by molar-refractivity contribution is 6.04. The molecule has 6 aromatic rings. The van der Waals surface area contributed by atoms with Crippen molar-refractivity contribution < 1.29 is 109 Å². The number of halogens is 14. The largest absolute Gasteiger partial charge is 0.467 e. The summed E-state index contributed by atoms with van der Waals surface area (Å²) in [4.78, 5) is 95.4. The number of amides is 4. The van der Waals surface area contributed by atoms with E-state index in [0.717, 1.165) is 9.80 Å². The van der Waals surface area contributed by atoms with E-state index >= 15 is 0 Å². The monoisotopic (exact) mass is 1480 g/mol. The number of anilines is 2. The minimum Gasteiger partial charge on any atom is -0.467 e. The van der Waals surface area contributed by atoms with Gasteiger partial charge in [-0.15, -0.1) is 0 Å². The van der Waals surface area contributed by atoms with Crippen LogP contribution in [0.15, 0.2) is 97.3 Å². The molecule has 0 bridgehead atoms. The molecule has 4 amide bonds. The zero-order valence-corrected chi connectivity index (χ0v) is 60.3. The molecule has 4 aromatic carbocycles. The fraction of sp³-hybridized carbons (Fsp3) is 0.459. The molecule has 104 heavy (non-hydrogen) atoms. The first-order valence-electron chi connectivity index (χ1n) is 32.3. The summed E-state index contributed by atoms with van der Waals surface area (Å²) in [6.45, 7) is 21.1. The van der Waals surface area contributed by atoms with Crippen LogP contribution in [0.3, 0.4) is 0 Å². The van der Waals surface area contributed by atoms with Crippen molar-refractivity contribution in [1.82, 2.24) is 19.8 Å². The van der Waals surface area contributed by atoms with Gasteiger partial charge < -0.3 is 28.7 Å². The Morgan fingerprint density at radius 1 is 0.442 bits per heavy atom. The Balaban J connectivity index is 0.000000291. The SMILES string of the molecule is COC(=O)[C@@]1(C)CC[C@@H](c2cc(-c3ccc(F)cc3C)c(N(C)C(=O)C(C)(C)c3cc(C(F)(F)F)cc(C(F)(F)F)c3)cn2)N1C(=O)OC(C)(C)C.COC(=O)[C@]1(C)CC[C@@H](c2cc(-c3ccc(F)cc3C)c(N(C)C(=O)C(C)(C)c3cc(C(F)(F)F)cc(C(F)(F)F)c3)cn2)N1C(=O)OC(C)(C)C. The van der Waals surface area contributed by atoms with Crippen LogP contribution in [0.4, 0.5) is 82.4 Å². The Hall–Kier alpha value is -9.38. The first kappa shape index (κ1) is 81.9. The van der Waals surface area contributed by atoms with Gasteiger partial charge in [-0.2, -0.15) is 52.7 Å². The number of benzene rings is 4. The maximum Gasteiger partial charge on any atom is 0.416 e. The minimum absolute atomic E-state index is 0.0133. The fourth-order valence-corrected chi connectivity index (χ4v) is 12.8. The van der Waals surface area contributed by atoms with Crippen LogP contribution in [0.1, 0.15) is 177 Å². The number of aryl methyl sites for hydroxylation is 2. The van der Waals surface area contributed by atoms with Crippen molar-refractivity contribution in [3.63, 3.8) is 0 Å². The van der Waals surface area contributed by atoms with Crippen LogP contribution in [0.2, 0.25) is 0 Å². The van der Waals surface area contributed by atoms with Crippen molar-refractivity contribution in [2.24, 2.45) is 0 Å². The Labute approximate surface area is 592 Å². The normalized spacial score (nSPS) is 18.3. The Morgan fingerprint density at radius 3 is 0.971 bits per heavy atom. The van der Waals surface area contributed by atoms with E-state index in [1.54, 1.807) is 67.5 Å². The molecule has 2 fully saturated rings. The van der Waals surface area contributed by atoms with Crippen LogP contribution in [-0.4, -0.2) is 106 Å². The molecule has 4 heterocycles. The standard InChI is InChI=1S/2C37H40F7N3O5/c2*1-20-14-24(38)10-11-25(20)26-18-27(28-12-13-35(7,31(49)51-9)47(28)32(50)52-33(2,3)4)45-19-29(26)46(8)30(48)34(5,6)21-15-22(36(39,40)41)17-23(16-21)37(42,43)44/h2*10-11,14-19,28H,12-13H2,1-9H3/t28-,35+;28-,35-/m00/s1. The number of ether oxygens (including phenoxy) is 4. The van der Waals surface area contributed by atoms with E-state index in [2.05, 4.69) is 9.97 Å². The Morgan fingerprint density at radius 2 is 0.721 bits per heavy atom. The van der Waals surface area contributed by atoms with Gasteiger partial charge in [-0.25, -0.2) is 28.0 Å². The average molecular weight is 1480 g/mol. The summed E-state index contributed by atoms with van der Waals surface area (Å²) in [6.07, 6.45) is -18.8. The van der Waals surface area contributed by atoms with Crippen LogP contribution in [0.5, 0.6) is 0 Å². The van der Waals surface area contributed by atoms with Gasteiger partial charge in [0.1, 0.15) is 33.9 Å². The second-order valence-corrected chi connectivity index (χ2v) is 29.1. The van der Waals surface area contributed by atoms with Crippen molar-refractivity contribution in [3.05, 3.63) is 165 Å². The molecule has 30 heteroatoms. The van der Waals surface area contributed by atoms with Gasteiger partial charge in [-0.3, -0.25) is 29.4 Å². The first-order chi connectivity index (χ1) is 47.4. The van der Waals surface area contributed by atoms with E-state index in [9.17, 15) is 90.2 Å². The molecule has 0 spiro atoms. The van der Waals surface area contributed by atoms with Gasteiger partial charge in [0.15, 0.2) is 0 Å². The maximum absolute atomic E-state index is 14.3. The summed E-state index contributed by atoms with van der Waals surface area (Å²) in [5.41, 5.74) is -13.1. The number of pyridine rings is 2. The van der Waals surface area contributed by atoms with E-state index in [-0.39, 0.29) is 71.7 Å². The van der Waals surface area contributed by atoms with Gasteiger partial charge >= 0.3 is 48.8 Å². The van der Waals surface area contributed by atoms with Crippen molar-refractivity contribution in [2.45, 2.75) is 193 Å². The number of alkyl halides is 12. The second kappa shape index (κ2) is 28.9. The molecule has 2 aliphatic heterocycles. The third-order valence-electron chi connectivity index (χ3n) is 18.4. The summed E-state index contributed by atoms with van der Waals surface area (Å²) in [5.74, 6) is -4.28. The van der Waals surface area contributed by atoms with Gasteiger partial charge in [0, 0.05) is 25.2 Å². The highest BCUT2D eigenvalue weighted by Gasteiger charge is 2.56. The van der Waals surface area contributed by atoms with Crippen LogP contribution < -0.4 is 9.80 Å². The van der Waals surface area contributed by atoms with Gasteiger partial charge in [-0.1, -0.05) is 12.1 Å². The van der Waals surface area contributed by atoms with E-state index < -0.39 is 151 Å². The lowest BCUT2D eigenvalue weighted by Gasteiger charge is -2.37. The van der Waals surface area contributed by atoms with Gasteiger partial charge in [0.2, 0.25) is 11.8 Å². The molecule has 0 radical (unpaired) electrons. The van der Waals surface area contributed by atoms with Gasteiger partial charge in [0.25, 0.3) is 0 Å². The summed E-state index contributed by atoms with van der Waals surface area (Å²) in [7, 11) is 4.96. The van der Waals surface area contributed by atoms with Crippen molar-refractivity contribution in [1.29, 1.82) is 0 Å². The number of methoxy groups -OCH3 is 2. The molecular formula is C74H80F14N6O10. The molecular weight excluding hydrogens is 1400 g/mol. The van der Waals surface area contributed by atoms with Crippen molar-refractivity contribution >= 4 is 47.3 Å². The van der Waals surface area contributed by atoms with E-state index in [1.807, 2.05) is 0 Å². The van der Waals surface area contributed by atoms with Gasteiger partial charge in [0.05, 0.1) is 94.5 Å². The predicted octanol–water partition coefficient (Wildman–Crippen LogP) is 18.4. The molecule has 0 aliphatic carbocycles. The van der Waals surface area contributed by atoms with E-state index in [1.165, 1.54) is 128 Å². The second-order valence-electron chi connectivity index (χ2n) is 29.1. The lowest BCUT2D eigenvalue weighted by atomic mass is 9.81. The fourth-order valence-electron chi connectivity index (χ4n) is 12.8. The topological polar surface area (TPSA) is 178 Å². The molecule has 16 nitrogen and oxygen atoms in total. The zero-order valence-electron chi connectivity index (χ0n) is 60.3. The summed E-state index contributed by atoms with van der Waals surface area (Å²) in [5, 5.41) is 0. The third-order valence-corrected chi connectivity index (χ3v) is 18.4. The van der Waals surface area contributed by atoms with Crippen LogP contribution >= 0.6 is 0 Å².